The number of para-hydroxylation sites is 1. The second-order valence-corrected chi connectivity index (χ2v) is 5.57. The summed E-state index contributed by atoms with van der Waals surface area (Å²) >= 11 is 0. The van der Waals surface area contributed by atoms with Gasteiger partial charge in [0.2, 0.25) is 0 Å². The molecule has 2 aromatic rings. The lowest BCUT2D eigenvalue weighted by Crippen LogP contribution is -2.38. The van der Waals surface area contributed by atoms with E-state index in [2.05, 4.69) is 17.0 Å². The van der Waals surface area contributed by atoms with Crippen molar-refractivity contribution in [1.29, 1.82) is 0 Å². The average Bonchev–Trinajstić information content (AvgIpc) is 2.53. The van der Waals surface area contributed by atoms with Crippen LogP contribution < -0.4 is 10.6 Å². The minimum absolute atomic E-state index is 0.125. The van der Waals surface area contributed by atoms with E-state index in [1.807, 2.05) is 30.3 Å². The zero-order valence-electron chi connectivity index (χ0n) is 12.2. The van der Waals surface area contributed by atoms with Crippen molar-refractivity contribution >= 4 is 22.6 Å². The van der Waals surface area contributed by atoms with Crippen molar-refractivity contribution in [2.75, 3.05) is 11.4 Å². The molecule has 3 N–H and O–H groups in total. The van der Waals surface area contributed by atoms with E-state index in [1.165, 1.54) is 19.3 Å². The number of benzene rings is 1. The monoisotopic (exact) mass is 284 g/mol. The van der Waals surface area contributed by atoms with Crippen LogP contribution in [0.25, 0.3) is 10.9 Å². The highest BCUT2D eigenvalue weighted by Gasteiger charge is 2.21. The van der Waals surface area contributed by atoms with E-state index in [4.69, 9.17) is 15.9 Å². The van der Waals surface area contributed by atoms with Gasteiger partial charge in [-0.2, -0.15) is 0 Å². The summed E-state index contributed by atoms with van der Waals surface area (Å²) < 4.78 is 0. The maximum absolute atomic E-state index is 9.03. The van der Waals surface area contributed by atoms with Crippen molar-refractivity contribution in [2.45, 2.75) is 32.2 Å². The molecule has 3 rings (SSSR count). The Morgan fingerprint density at radius 2 is 2.19 bits per heavy atom. The SMILES string of the molecule is CC1CCCCN1c1cc(C(N)=NO)c2ccccc2n1. The second kappa shape index (κ2) is 5.60. The fraction of sp³-hybridized carbons (Fsp3) is 0.375. The molecule has 5 nitrogen and oxygen atoms in total. The lowest BCUT2D eigenvalue weighted by atomic mass is 10.0. The Morgan fingerprint density at radius 3 is 2.95 bits per heavy atom. The lowest BCUT2D eigenvalue weighted by Gasteiger charge is -2.34. The number of aromatic nitrogens is 1. The molecule has 21 heavy (non-hydrogen) atoms. The summed E-state index contributed by atoms with van der Waals surface area (Å²) in [5.74, 6) is 1.03. The van der Waals surface area contributed by atoms with Crippen molar-refractivity contribution in [1.82, 2.24) is 4.98 Å². The zero-order valence-corrected chi connectivity index (χ0v) is 12.2. The zero-order chi connectivity index (χ0) is 14.8. The Bertz CT molecular complexity index is 683. The minimum atomic E-state index is 0.125. The first-order chi connectivity index (χ1) is 10.2. The van der Waals surface area contributed by atoms with Gasteiger partial charge in [-0.15, -0.1) is 0 Å². The molecule has 2 heterocycles. The van der Waals surface area contributed by atoms with Crippen molar-refractivity contribution in [3.63, 3.8) is 0 Å². The molecule has 0 radical (unpaired) electrons. The number of rotatable bonds is 2. The molecule has 1 atom stereocenters. The van der Waals surface area contributed by atoms with Crippen molar-refractivity contribution in [3.05, 3.63) is 35.9 Å². The smallest absolute Gasteiger partial charge is 0.170 e. The highest BCUT2D eigenvalue weighted by Crippen LogP contribution is 2.27. The normalized spacial score (nSPS) is 20.0. The van der Waals surface area contributed by atoms with E-state index in [0.29, 0.717) is 6.04 Å². The molecule has 1 saturated heterocycles. The quantitative estimate of drug-likeness (QED) is 0.385. The number of nitrogens with zero attached hydrogens (tertiary/aromatic N) is 3. The van der Waals surface area contributed by atoms with Gasteiger partial charge in [0.15, 0.2) is 5.84 Å². The van der Waals surface area contributed by atoms with Gasteiger partial charge in [0.05, 0.1) is 5.52 Å². The van der Waals surface area contributed by atoms with E-state index >= 15 is 0 Å². The number of amidine groups is 1. The fourth-order valence-electron chi connectivity index (χ4n) is 3.01. The van der Waals surface area contributed by atoms with Crippen LogP contribution in [0.15, 0.2) is 35.5 Å². The minimum Gasteiger partial charge on any atom is -0.409 e. The van der Waals surface area contributed by atoms with Gasteiger partial charge >= 0.3 is 0 Å². The van der Waals surface area contributed by atoms with Gasteiger partial charge in [0, 0.05) is 23.5 Å². The molecule has 0 aliphatic carbocycles. The highest BCUT2D eigenvalue weighted by molar-refractivity contribution is 6.08. The first-order valence-corrected chi connectivity index (χ1v) is 7.35. The summed E-state index contributed by atoms with van der Waals surface area (Å²) in [4.78, 5) is 7.07. The molecule has 1 aromatic carbocycles. The number of nitrogens with two attached hydrogens (primary N) is 1. The number of anilines is 1. The number of hydrogen-bond acceptors (Lipinski definition) is 4. The molecule has 1 aromatic heterocycles. The largest absolute Gasteiger partial charge is 0.409 e. The van der Waals surface area contributed by atoms with Crippen LogP contribution in [0, 0.1) is 0 Å². The molecular formula is C16H20N4O. The molecule has 1 unspecified atom stereocenters. The van der Waals surface area contributed by atoms with E-state index in [-0.39, 0.29) is 5.84 Å². The van der Waals surface area contributed by atoms with Crippen molar-refractivity contribution in [3.8, 4) is 0 Å². The molecule has 1 aliphatic heterocycles. The molecule has 1 fully saturated rings. The Hall–Kier alpha value is -2.30. The fourth-order valence-corrected chi connectivity index (χ4v) is 3.01. The molecule has 0 saturated carbocycles. The van der Waals surface area contributed by atoms with Gasteiger partial charge in [0.1, 0.15) is 5.82 Å². The third-order valence-electron chi connectivity index (χ3n) is 4.18. The molecule has 0 spiro atoms. The summed E-state index contributed by atoms with van der Waals surface area (Å²) in [6.45, 7) is 3.22. The number of oxime groups is 1. The van der Waals surface area contributed by atoms with Gasteiger partial charge in [-0.3, -0.25) is 0 Å². The van der Waals surface area contributed by atoms with Crippen LogP contribution in [-0.4, -0.2) is 28.6 Å². The lowest BCUT2D eigenvalue weighted by molar-refractivity contribution is 0.318. The molecular weight excluding hydrogens is 264 g/mol. The maximum Gasteiger partial charge on any atom is 0.170 e. The van der Waals surface area contributed by atoms with Crippen LogP contribution in [0.5, 0.6) is 0 Å². The Labute approximate surface area is 124 Å². The van der Waals surface area contributed by atoms with Gasteiger partial charge in [0.25, 0.3) is 0 Å². The topological polar surface area (TPSA) is 74.7 Å². The van der Waals surface area contributed by atoms with Crippen LogP contribution in [0.2, 0.25) is 0 Å². The standard InChI is InChI=1S/C16H20N4O/c1-11-6-4-5-9-20(11)15-10-13(16(17)19-21)12-7-2-3-8-14(12)18-15/h2-3,7-8,10-11,21H,4-6,9H2,1H3,(H2,17,19). The number of hydrogen-bond donors (Lipinski definition) is 2. The summed E-state index contributed by atoms with van der Waals surface area (Å²) in [7, 11) is 0. The second-order valence-electron chi connectivity index (χ2n) is 5.57. The van der Waals surface area contributed by atoms with E-state index in [1.54, 1.807) is 0 Å². The van der Waals surface area contributed by atoms with Gasteiger partial charge in [-0.25, -0.2) is 4.98 Å². The predicted molar refractivity (Wildman–Crippen MR) is 84.9 cm³/mol. The molecule has 0 bridgehead atoms. The van der Waals surface area contributed by atoms with Gasteiger partial charge in [-0.1, -0.05) is 23.4 Å². The van der Waals surface area contributed by atoms with Crippen LogP contribution >= 0.6 is 0 Å². The van der Waals surface area contributed by atoms with Crippen molar-refractivity contribution < 1.29 is 5.21 Å². The summed E-state index contributed by atoms with van der Waals surface area (Å²) in [6.07, 6.45) is 3.61. The molecule has 0 amide bonds. The Kier molecular flexibility index (Phi) is 3.64. The van der Waals surface area contributed by atoms with E-state index in [9.17, 15) is 0 Å². The first-order valence-electron chi connectivity index (χ1n) is 7.35. The van der Waals surface area contributed by atoms with Gasteiger partial charge < -0.3 is 15.8 Å². The summed E-state index contributed by atoms with van der Waals surface area (Å²) in [5.41, 5.74) is 7.45. The number of pyridine rings is 1. The van der Waals surface area contributed by atoms with Crippen molar-refractivity contribution in [2.24, 2.45) is 10.9 Å². The molecule has 5 heteroatoms. The van der Waals surface area contributed by atoms with E-state index in [0.717, 1.165) is 28.8 Å². The van der Waals surface area contributed by atoms with Crippen LogP contribution in [0.3, 0.4) is 0 Å². The summed E-state index contributed by atoms with van der Waals surface area (Å²) in [6, 6.07) is 10.2. The van der Waals surface area contributed by atoms with Crippen LogP contribution in [0.4, 0.5) is 5.82 Å². The Morgan fingerprint density at radius 1 is 1.38 bits per heavy atom. The predicted octanol–water partition coefficient (Wildman–Crippen LogP) is 2.71. The highest BCUT2D eigenvalue weighted by atomic mass is 16.4. The molecule has 110 valence electrons. The summed E-state index contributed by atoms with van der Waals surface area (Å²) in [5, 5.41) is 13.1. The van der Waals surface area contributed by atoms with E-state index < -0.39 is 0 Å². The number of piperidine rings is 1. The van der Waals surface area contributed by atoms with Gasteiger partial charge in [-0.05, 0) is 38.3 Å². The van der Waals surface area contributed by atoms with Crippen LogP contribution in [0.1, 0.15) is 31.7 Å². The average molecular weight is 284 g/mol. The number of fused-ring (bicyclic) bond motifs is 1. The molecule has 1 aliphatic rings. The third kappa shape index (κ3) is 2.51. The maximum atomic E-state index is 9.03. The van der Waals surface area contributed by atoms with Crippen LogP contribution in [-0.2, 0) is 0 Å². The first kappa shape index (κ1) is 13.7. The third-order valence-corrected chi connectivity index (χ3v) is 4.18. The Balaban J connectivity index is 2.15.